The van der Waals surface area contributed by atoms with E-state index in [2.05, 4.69) is 27.8 Å². The quantitative estimate of drug-likeness (QED) is 0.851. The largest absolute Gasteiger partial charge is 0.337 e. The Bertz CT molecular complexity index is 659. The molecule has 1 amide bonds. The number of aromatic nitrogens is 4. The van der Waals surface area contributed by atoms with Crippen LogP contribution in [0.15, 0.2) is 24.7 Å². The zero-order chi connectivity index (χ0) is 16.2. The van der Waals surface area contributed by atoms with Crippen molar-refractivity contribution in [3.05, 3.63) is 36.2 Å². The van der Waals surface area contributed by atoms with E-state index in [-0.39, 0.29) is 5.91 Å². The van der Waals surface area contributed by atoms with Gasteiger partial charge in [0.05, 0.1) is 0 Å². The van der Waals surface area contributed by atoms with E-state index in [0.29, 0.717) is 11.6 Å². The predicted octanol–water partition coefficient (Wildman–Crippen LogP) is 2.44. The molecule has 1 aliphatic heterocycles. The van der Waals surface area contributed by atoms with E-state index in [0.717, 1.165) is 44.7 Å². The lowest BCUT2D eigenvalue weighted by atomic mass is 9.96. The second kappa shape index (κ2) is 6.98. The van der Waals surface area contributed by atoms with E-state index in [9.17, 15) is 4.79 Å². The summed E-state index contributed by atoms with van der Waals surface area (Å²) in [6.45, 7) is 4.75. The molecule has 1 saturated heterocycles. The van der Waals surface area contributed by atoms with Crippen molar-refractivity contribution in [3.8, 4) is 0 Å². The van der Waals surface area contributed by atoms with Gasteiger partial charge in [0, 0.05) is 51.2 Å². The Morgan fingerprint density at radius 1 is 1.39 bits per heavy atom. The average molecular weight is 315 g/mol. The van der Waals surface area contributed by atoms with Crippen LogP contribution in [-0.2, 0) is 13.6 Å². The summed E-state index contributed by atoms with van der Waals surface area (Å²) < 4.78 is 3.93. The van der Waals surface area contributed by atoms with E-state index in [1.165, 1.54) is 6.42 Å². The number of nitrogens with zero attached hydrogens (tertiary/aromatic N) is 5. The third-order valence-electron chi connectivity index (χ3n) is 4.51. The normalized spacial score (nSPS) is 18.3. The fourth-order valence-corrected chi connectivity index (χ4v) is 3.26. The van der Waals surface area contributed by atoms with Crippen LogP contribution in [0.4, 0.5) is 0 Å². The van der Waals surface area contributed by atoms with Crippen molar-refractivity contribution in [2.45, 2.75) is 45.1 Å². The van der Waals surface area contributed by atoms with Crippen LogP contribution < -0.4 is 0 Å². The molecule has 0 radical (unpaired) electrons. The van der Waals surface area contributed by atoms with Gasteiger partial charge in [0.1, 0.15) is 11.5 Å². The Morgan fingerprint density at radius 3 is 3.00 bits per heavy atom. The Morgan fingerprint density at radius 2 is 2.26 bits per heavy atom. The summed E-state index contributed by atoms with van der Waals surface area (Å²) >= 11 is 0. The number of likely N-dealkylation sites (tertiary alicyclic amines) is 1. The standard InChI is InChI=1S/C17H25N5O/c1-3-4-9-21-12-8-18-16(21)14-6-5-10-22(13-14)17(23)15-7-11-20(2)19-15/h7-8,11-12,14H,3-6,9-10,13H2,1-2H3. The van der Waals surface area contributed by atoms with Crippen LogP contribution in [0.3, 0.4) is 0 Å². The summed E-state index contributed by atoms with van der Waals surface area (Å²) in [5.41, 5.74) is 0.530. The van der Waals surface area contributed by atoms with Gasteiger partial charge in [-0.15, -0.1) is 0 Å². The summed E-state index contributed by atoms with van der Waals surface area (Å²) in [7, 11) is 1.83. The highest BCUT2D eigenvalue weighted by molar-refractivity contribution is 5.92. The first kappa shape index (κ1) is 15.8. The average Bonchev–Trinajstić information content (AvgIpc) is 3.21. The first-order valence-corrected chi connectivity index (χ1v) is 8.49. The smallest absolute Gasteiger partial charge is 0.274 e. The van der Waals surface area contributed by atoms with Gasteiger partial charge in [0.15, 0.2) is 0 Å². The highest BCUT2D eigenvalue weighted by Gasteiger charge is 2.28. The van der Waals surface area contributed by atoms with Gasteiger partial charge in [-0.3, -0.25) is 9.48 Å². The molecule has 2 aromatic heterocycles. The van der Waals surface area contributed by atoms with Crippen molar-refractivity contribution < 1.29 is 4.79 Å². The van der Waals surface area contributed by atoms with Gasteiger partial charge in [-0.1, -0.05) is 13.3 Å². The molecule has 0 saturated carbocycles. The summed E-state index contributed by atoms with van der Waals surface area (Å²) in [5, 5.41) is 4.24. The molecular formula is C17H25N5O. The summed E-state index contributed by atoms with van der Waals surface area (Å²) in [6, 6.07) is 1.79. The molecule has 3 rings (SSSR count). The summed E-state index contributed by atoms with van der Waals surface area (Å²) in [4.78, 5) is 19.1. The minimum atomic E-state index is 0.0296. The molecule has 0 N–H and O–H groups in total. The second-order valence-electron chi connectivity index (χ2n) is 6.30. The number of hydrogen-bond acceptors (Lipinski definition) is 3. The minimum Gasteiger partial charge on any atom is -0.337 e. The Kier molecular flexibility index (Phi) is 4.79. The molecule has 124 valence electrons. The lowest BCUT2D eigenvalue weighted by Gasteiger charge is -2.32. The molecule has 1 unspecified atom stereocenters. The number of unbranched alkanes of at least 4 members (excludes halogenated alkanes) is 1. The van der Waals surface area contributed by atoms with E-state index in [1.807, 2.05) is 24.3 Å². The van der Waals surface area contributed by atoms with Crippen molar-refractivity contribution in [1.29, 1.82) is 0 Å². The molecule has 6 nitrogen and oxygen atoms in total. The molecule has 6 heteroatoms. The van der Waals surface area contributed by atoms with Crippen LogP contribution in [0.1, 0.15) is 54.8 Å². The maximum atomic E-state index is 12.6. The SMILES string of the molecule is CCCCn1ccnc1C1CCCN(C(=O)c2ccn(C)n2)C1. The second-order valence-corrected chi connectivity index (χ2v) is 6.30. The number of imidazole rings is 1. The van der Waals surface area contributed by atoms with Gasteiger partial charge in [0.25, 0.3) is 5.91 Å². The molecular weight excluding hydrogens is 290 g/mol. The Hall–Kier alpha value is -2.11. The molecule has 1 aliphatic rings. The fourth-order valence-electron chi connectivity index (χ4n) is 3.26. The van der Waals surface area contributed by atoms with Crippen molar-refractivity contribution in [3.63, 3.8) is 0 Å². The number of hydrogen-bond donors (Lipinski definition) is 0. The number of carbonyl (C=O) groups is 1. The van der Waals surface area contributed by atoms with E-state index >= 15 is 0 Å². The zero-order valence-electron chi connectivity index (χ0n) is 14.0. The molecule has 0 bridgehead atoms. The van der Waals surface area contributed by atoms with Crippen LogP contribution in [0.5, 0.6) is 0 Å². The molecule has 2 aromatic rings. The van der Waals surface area contributed by atoms with Crippen LogP contribution in [0, 0.1) is 0 Å². The molecule has 1 atom stereocenters. The van der Waals surface area contributed by atoms with Crippen LogP contribution in [0.2, 0.25) is 0 Å². The minimum absolute atomic E-state index is 0.0296. The van der Waals surface area contributed by atoms with Crippen LogP contribution >= 0.6 is 0 Å². The van der Waals surface area contributed by atoms with Crippen molar-refractivity contribution in [2.75, 3.05) is 13.1 Å². The zero-order valence-corrected chi connectivity index (χ0v) is 14.0. The Balaban J connectivity index is 1.71. The van der Waals surface area contributed by atoms with Gasteiger partial charge in [-0.05, 0) is 25.3 Å². The van der Waals surface area contributed by atoms with Crippen molar-refractivity contribution >= 4 is 5.91 Å². The summed E-state index contributed by atoms with van der Waals surface area (Å²) in [6.07, 6.45) is 10.2. The van der Waals surface area contributed by atoms with Gasteiger partial charge in [0.2, 0.25) is 0 Å². The van der Waals surface area contributed by atoms with E-state index in [4.69, 9.17) is 0 Å². The number of rotatable bonds is 5. The molecule has 0 aromatic carbocycles. The van der Waals surface area contributed by atoms with Gasteiger partial charge < -0.3 is 9.47 Å². The number of carbonyl (C=O) groups excluding carboxylic acids is 1. The molecule has 0 aliphatic carbocycles. The first-order chi connectivity index (χ1) is 11.2. The molecule has 23 heavy (non-hydrogen) atoms. The third-order valence-corrected chi connectivity index (χ3v) is 4.51. The van der Waals surface area contributed by atoms with Crippen LogP contribution in [0.25, 0.3) is 0 Å². The highest BCUT2D eigenvalue weighted by Crippen LogP contribution is 2.26. The third kappa shape index (κ3) is 3.46. The number of aryl methyl sites for hydroxylation is 2. The summed E-state index contributed by atoms with van der Waals surface area (Å²) in [5.74, 6) is 1.47. The topological polar surface area (TPSA) is 56.0 Å². The highest BCUT2D eigenvalue weighted by atomic mass is 16.2. The lowest BCUT2D eigenvalue weighted by molar-refractivity contribution is 0.0696. The van der Waals surface area contributed by atoms with Gasteiger partial charge >= 0.3 is 0 Å². The van der Waals surface area contributed by atoms with Crippen molar-refractivity contribution in [2.24, 2.45) is 7.05 Å². The monoisotopic (exact) mass is 315 g/mol. The first-order valence-electron chi connectivity index (χ1n) is 8.49. The lowest BCUT2D eigenvalue weighted by Crippen LogP contribution is -2.40. The molecule has 0 spiro atoms. The number of piperidine rings is 1. The van der Waals surface area contributed by atoms with E-state index < -0.39 is 0 Å². The maximum Gasteiger partial charge on any atom is 0.274 e. The van der Waals surface area contributed by atoms with Gasteiger partial charge in [-0.2, -0.15) is 5.10 Å². The van der Waals surface area contributed by atoms with Crippen LogP contribution in [-0.4, -0.2) is 43.2 Å². The Labute approximate surface area is 137 Å². The molecule has 3 heterocycles. The molecule has 1 fully saturated rings. The fraction of sp³-hybridized carbons (Fsp3) is 0.588. The number of amides is 1. The predicted molar refractivity (Wildman–Crippen MR) is 88.2 cm³/mol. The van der Waals surface area contributed by atoms with E-state index in [1.54, 1.807) is 10.7 Å². The van der Waals surface area contributed by atoms with Crippen molar-refractivity contribution in [1.82, 2.24) is 24.2 Å². The maximum absolute atomic E-state index is 12.6. The van der Waals surface area contributed by atoms with Gasteiger partial charge in [-0.25, -0.2) is 4.98 Å².